The Labute approximate surface area is 197 Å². The molecule has 1 amide bonds. The Bertz CT molecular complexity index is 1160. The molecule has 1 saturated heterocycles. The van der Waals surface area contributed by atoms with Crippen LogP contribution in [0.25, 0.3) is 0 Å². The van der Waals surface area contributed by atoms with Crippen LogP contribution in [0, 0.1) is 11.3 Å². The first-order chi connectivity index (χ1) is 15.6. The second-order valence-electron chi connectivity index (χ2n) is 10.9. The van der Waals surface area contributed by atoms with Gasteiger partial charge in [0.15, 0.2) is 0 Å². The number of nitrogens with zero attached hydrogens (tertiary/aromatic N) is 1. The fraction of sp³-hybridized carbons (Fsp3) is 0.519. The summed E-state index contributed by atoms with van der Waals surface area (Å²) in [7, 11) is -3.57. The van der Waals surface area contributed by atoms with E-state index in [1.807, 2.05) is 0 Å². The quantitative estimate of drug-likeness (QED) is 0.732. The van der Waals surface area contributed by atoms with Gasteiger partial charge in [-0.3, -0.25) is 4.79 Å². The number of amides is 1. The minimum atomic E-state index is -3.57. The molecule has 176 valence electrons. The molecule has 0 spiro atoms. The van der Waals surface area contributed by atoms with Crippen LogP contribution in [0.5, 0.6) is 0 Å². The molecular formula is C27H34N2O3S. The lowest BCUT2D eigenvalue weighted by atomic mass is 9.51. The molecule has 1 N–H and O–H groups in total. The second kappa shape index (κ2) is 7.95. The van der Waals surface area contributed by atoms with Crippen molar-refractivity contribution < 1.29 is 13.2 Å². The number of carbonyl (C=O) groups excluding carboxylic acids is 1. The maximum Gasteiger partial charge on any atom is 0.240 e. The monoisotopic (exact) mass is 466 g/mol. The second-order valence-corrected chi connectivity index (χ2v) is 12.6. The molecule has 5 rings (SSSR count). The van der Waals surface area contributed by atoms with E-state index in [2.05, 4.69) is 54.7 Å². The van der Waals surface area contributed by atoms with E-state index in [0.29, 0.717) is 12.8 Å². The Morgan fingerprint density at radius 3 is 2.45 bits per heavy atom. The summed E-state index contributed by atoms with van der Waals surface area (Å²) in [5.41, 5.74) is 2.82. The number of carbonyl (C=O) groups is 1. The minimum Gasteiger partial charge on any atom is -0.339 e. The van der Waals surface area contributed by atoms with E-state index in [0.717, 1.165) is 25.8 Å². The molecule has 1 unspecified atom stereocenters. The van der Waals surface area contributed by atoms with Crippen molar-refractivity contribution in [1.29, 1.82) is 0 Å². The molecule has 2 aromatic rings. The van der Waals surface area contributed by atoms with Crippen LogP contribution in [0.1, 0.15) is 57.6 Å². The van der Waals surface area contributed by atoms with E-state index in [9.17, 15) is 13.2 Å². The first-order valence-corrected chi connectivity index (χ1v) is 13.6. The van der Waals surface area contributed by atoms with E-state index in [1.54, 1.807) is 30.3 Å². The van der Waals surface area contributed by atoms with E-state index < -0.39 is 10.0 Å². The Morgan fingerprint density at radius 2 is 1.70 bits per heavy atom. The van der Waals surface area contributed by atoms with E-state index in [-0.39, 0.29) is 39.6 Å². The number of sulfonamides is 1. The fourth-order valence-corrected chi connectivity index (χ4v) is 7.87. The molecular weight excluding hydrogens is 432 g/mol. The zero-order chi connectivity index (χ0) is 23.4. The van der Waals surface area contributed by atoms with Crippen LogP contribution < -0.4 is 4.72 Å². The van der Waals surface area contributed by atoms with Gasteiger partial charge < -0.3 is 4.90 Å². The highest BCUT2D eigenvalue weighted by Crippen LogP contribution is 2.56. The van der Waals surface area contributed by atoms with Gasteiger partial charge in [-0.05, 0) is 60.8 Å². The number of rotatable bonds is 4. The summed E-state index contributed by atoms with van der Waals surface area (Å²) < 4.78 is 28.3. The molecule has 33 heavy (non-hydrogen) atoms. The summed E-state index contributed by atoms with van der Waals surface area (Å²) in [6, 6.07) is 17.2. The van der Waals surface area contributed by atoms with Gasteiger partial charge >= 0.3 is 0 Å². The van der Waals surface area contributed by atoms with Crippen molar-refractivity contribution in [3.63, 3.8) is 0 Å². The number of hydrogen-bond donors (Lipinski definition) is 1. The molecule has 6 heteroatoms. The molecule has 5 nitrogen and oxygen atoms in total. The van der Waals surface area contributed by atoms with Gasteiger partial charge in [0, 0.05) is 30.0 Å². The van der Waals surface area contributed by atoms with Crippen LogP contribution in [-0.4, -0.2) is 37.9 Å². The number of likely N-dealkylation sites (tertiary alicyclic amines) is 1. The van der Waals surface area contributed by atoms with Crippen molar-refractivity contribution in [3.8, 4) is 0 Å². The van der Waals surface area contributed by atoms with Crippen LogP contribution in [0.15, 0.2) is 59.5 Å². The molecule has 2 aromatic carbocycles. The molecule has 0 aromatic heterocycles. The fourth-order valence-electron chi connectivity index (χ4n) is 6.57. The molecule has 0 radical (unpaired) electrons. The van der Waals surface area contributed by atoms with Gasteiger partial charge in [0.05, 0.1) is 4.90 Å². The number of piperidine rings is 1. The number of fused-ring (bicyclic) bond motifs is 4. The lowest BCUT2D eigenvalue weighted by Crippen LogP contribution is -2.65. The van der Waals surface area contributed by atoms with Gasteiger partial charge in [0.2, 0.25) is 15.9 Å². The van der Waals surface area contributed by atoms with Crippen LogP contribution in [0.4, 0.5) is 0 Å². The Kier molecular flexibility index (Phi) is 5.44. The number of nitrogens with one attached hydrogen (secondary N) is 1. The molecule has 2 fully saturated rings. The molecule has 1 aliphatic heterocycles. The van der Waals surface area contributed by atoms with Crippen molar-refractivity contribution in [2.45, 2.75) is 75.3 Å². The summed E-state index contributed by atoms with van der Waals surface area (Å²) in [5.74, 6) is 0.0849. The predicted octanol–water partition coefficient (Wildman–Crippen LogP) is 4.27. The standard InChI is InChI=1S/C27H34N2O3S/c1-26(2)24-18-19-9-7-8-12-23(19)27(26,3)15-16-29(24)25(30)20-13-14-21(17-20)28-33(31,32)22-10-5-4-6-11-22/h4-12,20-21,24,28H,13-18H2,1-3H3/t20?,21-,24-,27+/m1/s1. The largest absolute Gasteiger partial charge is 0.339 e. The number of benzene rings is 2. The Balaban J connectivity index is 1.32. The summed E-state index contributed by atoms with van der Waals surface area (Å²) in [6.07, 6.45) is 3.85. The SMILES string of the molecule is CC1(C)[C@H]2Cc3ccccc3[C@]1(C)CCN2C(=O)C1CC[C@@H](NS(=O)(=O)c2ccccc2)C1. The third kappa shape index (κ3) is 3.62. The third-order valence-corrected chi connectivity index (χ3v) is 10.5. The normalized spacial score (nSPS) is 30.6. The van der Waals surface area contributed by atoms with Gasteiger partial charge in [0.1, 0.15) is 0 Å². The zero-order valence-electron chi connectivity index (χ0n) is 19.8. The van der Waals surface area contributed by atoms with Crippen molar-refractivity contribution in [2.75, 3.05) is 6.54 Å². The van der Waals surface area contributed by atoms with Crippen LogP contribution in [0.3, 0.4) is 0 Å². The number of hydrogen-bond acceptors (Lipinski definition) is 3. The zero-order valence-corrected chi connectivity index (χ0v) is 20.6. The molecule has 3 aliphatic rings. The van der Waals surface area contributed by atoms with Crippen LogP contribution >= 0.6 is 0 Å². The first-order valence-electron chi connectivity index (χ1n) is 12.1. The van der Waals surface area contributed by atoms with Crippen molar-refractivity contribution in [2.24, 2.45) is 11.3 Å². The summed E-state index contributed by atoms with van der Waals surface area (Å²) >= 11 is 0. The van der Waals surface area contributed by atoms with Gasteiger partial charge in [0.25, 0.3) is 0 Å². The summed E-state index contributed by atoms with van der Waals surface area (Å²) in [4.78, 5) is 16.1. The van der Waals surface area contributed by atoms with Crippen molar-refractivity contribution in [3.05, 3.63) is 65.7 Å². The lowest BCUT2D eigenvalue weighted by molar-refractivity contribution is -0.148. The smallest absolute Gasteiger partial charge is 0.240 e. The van der Waals surface area contributed by atoms with Crippen LogP contribution in [0.2, 0.25) is 0 Å². The van der Waals surface area contributed by atoms with Gasteiger partial charge in [-0.25, -0.2) is 13.1 Å². The average Bonchev–Trinajstić information content (AvgIpc) is 3.24. The lowest BCUT2D eigenvalue weighted by Gasteiger charge is -2.61. The Morgan fingerprint density at radius 1 is 1.00 bits per heavy atom. The Hall–Kier alpha value is -2.18. The highest BCUT2D eigenvalue weighted by molar-refractivity contribution is 7.89. The highest BCUT2D eigenvalue weighted by atomic mass is 32.2. The molecule has 2 aliphatic carbocycles. The minimum absolute atomic E-state index is 0.0256. The van der Waals surface area contributed by atoms with Crippen molar-refractivity contribution >= 4 is 15.9 Å². The van der Waals surface area contributed by atoms with Crippen LogP contribution in [-0.2, 0) is 26.7 Å². The average molecular weight is 467 g/mol. The maximum absolute atomic E-state index is 13.7. The first kappa shape index (κ1) is 22.6. The molecule has 2 bridgehead atoms. The highest BCUT2D eigenvalue weighted by Gasteiger charge is 2.57. The van der Waals surface area contributed by atoms with E-state index in [1.165, 1.54) is 11.1 Å². The van der Waals surface area contributed by atoms with Crippen molar-refractivity contribution in [1.82, 2.24) is 9.62 Å². The molecule has 1 saturated carbocycles. The summed E-state index contributed by atoms with van der Waals surface area (Å²) in [6.45, 7) is 7.77. The van der Waals surface area contributed by atoms with E-state index in [4.69, 9.17) is 0 Å². The molecule has 1 heterocycles. The topological polar surface area (TPSA) is 66.5 Å². The third-order valence-electron chi connectivity index (χ3n) is 8.95. The summed E-state index contributed by atoms with van der Waals surface area (Å²) in [5, 5.41) is 0. The van der Waals surface area contributed by atoms with Gasteiger partial charge in [-0.15, -0.1) is 0 Å². The van der Waals surface area contributed by atoms with Gasteiger partial charge in [-0.2, -0.15) is 0 Å². The van der Waals surface area contributed by atoms with E-state index >= 15 is 0 Å². The molecule has 4 atom stereocenters. The predicted molar refractivity (Wildman–Crippen MR) is 129 cm³/mol. The van der Waals surface area contributed by atoms with Gasteiger partial charge in [-0.1, -0.05) is 63.2 Å². The maximum atomic E-state index is 13.7.